The summed E-state index contributed by atoms with van der Waals surface area (Å²) in [4.78, 5) is 23.5. The van der Waals surface area contributed by atoms with Crippen LogP contribution in [-0.2, 0) is 0 Å². The number of rotatable bonds is 0. The highest BCUT2D eigenvalue weighted by atomic mass is 16.2. The molecule has 0 radical (unpaired) electrons. The summed E-state index contributed by atoms with van der Waals surface area (Å²) in [6, 6.07) is 7.40. The fourth-order valence-electron chi connectivity index (χ4n) is 2.62. The highest BCUT2D eigenvalue weighted by molar-refractivity contribution is 6.28. The summed E-state index contributed by atoms with van der Waals surface area (Å²) in [6.07, 6.45) is 4.02. The summed E-state index contributed by atoms with van der Waals surface area (Å²) in [5.41, 5.74) is 3.32. The van der Waals surface area contributed by atoms with E-state index < -0.39 is 0 Å². The van der Waals surface area contributed by atoms with Gasteiger partial charge in [0, 0.05) is 16.5 Å². The average molecular weight is 221 g/mol. The molecular weight excluding hydrogens is 214 g/mol. The van der Waals surface area contributed by atoms with Crippen LogP contribution in [0.3, 0.4) is 0 Å². The van der Waals surface area contributed by atoms with E-state index in [1.807, 2.05) is 24.3 Å². The van der Waals surface area contributed by atoms with Crippen molar-refractivity contribution in [3.05, 3.63) is 46.5 Å². The van der Waals surface area contributed by atoms with Gasteiger partial charge in [0.1, 0.15) is 0 Å². The molecular formula is C14H7NO2. The summed E-state index contributed by atoms with van der Waals surface area (Å²) in [7, 11) is 0. The zero-order chi connectivity index (χ0) is 11.6. The number of nitrogens with one attached hydrogen (secondary N) is 1. The molecule has 1 aliphatic heterocycles. The van der Waals surface area contributed by atoms with E-state index in [2.05, 4.69) is 5.32 Å². The van der Waals surface area contributed by atoms with Gasteiger partial charge in [0.15, 0.2) is 0 Å². The Balaban J connectivity index is 2.32. The Kier molecular flexibility index (Phi) is 1.35. The minimum Gasteiger partial charge on any atom is -0.288 e. The molecule has 80 valence electrons. The van der Waals surface area contributed by atoms with Gasteiger partial charge in [-0.05, 0) is 28.6 Å². The molecule has 3 heteroatoms. The number of amides is 2. The summed E-state index contributed by atoms with van der Waals surface area (Å²) in [6.45, 7) is 0. The molecule has 2 aromatic rings. The van der Waals surface area contributed by atoms with E-state index in [0.717, 1.165) is 21.9 Å². The third-order valence-corrected chi connectivity index (χ3v) is 3.38. The maximum atomic E-state index is 11.8. The number of benzene rings is 2. The van der Waals surface area contributed by atoms with E-state index in [0.29, 0.717) is 11.1 Å². The second kappa shape index (κ2) is 2.63. The van der Waals surface area contributed by atoms with Gasteiger partial charge in [0.2, 0.25) is 0 Å². The van der Waals surface area contributed by atoms with Gasteiger partial charge >= 0.3 is 0 Å². The molecule has 0 saturated carbocycles. The maximum absolute atomic E-state index is 11.8. The summed E-state index contributed by atoms with van der Waals surface area (Å²) in [5.74, 6) is -0.615. The predicted octanol–water partition coefficient (Wildman–Crippen LogP) is 2.21. The third-order valence-electron chi connectivity index (χ3n) is 3.38. The second-order valence-electron chi connectivity index (χ2n) is 4.27. The van der Waals surface area contributed by atoms with Gasteiger partial charge in [0.05, 0.1) is 0 Å². The van der Waals surface area contributed by atoms with Crippen LogP contribution in [0, 0.1) is 0 Å². The largest absolute Gasteiger partial charge is 0.288 e. The van der Waals surface area contributed by atoms with E-state index in [1.54, 1.807) is 12.1 Å². The summed E-state index contributed by atoms with van der Waals surface area (Å²) >= 11 is 0. The lowest BCUT2D eigenvalue weighted by atomic mass is 9.92. The lowest BCUT2D eigenvalue weighted by Crippen LogP contribution is -2.34. The van der Waals surface area contributed by atoms with Crippen LogP contribution in [0.15, 0.2) is 24.3 Å². The Hall–Kier alpha value is -2.42. The molecule has 2 aliphatic rings. The van der Waals surface area contributed by atoms with Crippen molar-refractivity contribution in [3.8, 4) is 0 Å². The Morgan fingerprint density at radius 3 is 1.76 bits per heavy atom. The van der Waals surface area contributed by atoms with Gasteiger partial charge in [0.25, 0.3) is 11.8 Å². The van der Waals surface area contributed by atoms with Crippen LogP contribution in [-0.4, -0.2) is 11.8 Å². The minimum absolute atomic E-state index is 0.307. The van der Waals surface area contributed by atoms with E-state index in [9.17, 15) is 9.59 Å². The Labute approximate surface area is 96.7 Å². The first kappa shape index (κ1) is 8.70. The molecule has 0 aromatic heterocycles. The number of hydrogen-bond acceptors (Lipinski definition) is 2. The molecule has 0 spiro atoms. The standard InChI is InChI=1S/C14H7NO2/c16-13-9-5-3-7-1-2-8-4-6-10(14(17)15-13)12(9)11(7)8/h1-6H,(H,15,16,17). The molecule has 2 amide bonds. The van der Waals surface area contributed by atoms with E-state index in [4.69, 9.17) is 0 Å². The van der Waals surface area contributed by atoms with Crippen molar-refractivity contribution in [1.82, 2.24) is 5.32 Å². The normalized spacial score (nSPS) is 15.5. The van der Waals surface area contributed by atoms with Crippen LogP contribution in [0.4, 0.5) is 0 Å². The molecule has 0 fully saturated rings. The van der Waals surface area contributed by atoms with Gasteiger partial charge in [-0.3, -0.25) is 14.9 Å². The Morgan fingerprint density at radius 2 is 1.24 bits per heavy atom. The highest BCUT2D eigenvalue weighted by Crippen LogP contribution is 2.36. The summed E-state index contributed by atoms with van der Waals surface area (Å²) < 4.78 is 0. The van der Waals surface area contributed by atoms with Crippen LogP contribution in [0.2, 0.25) is 0 Å². The first-order chi connectivity index (χ1) is 8.25. The average Bonchev–Trinajstić information content (AvgIpc) is 2.74. The van der Waals surface area contributed by atoms with Gasteiger partial charge in [-0.15, -0.1) is 0 Å². The lowest BCUT2D eigenvalue weighted by Gasteiger charge is -2.17. The second-order valence-corrected chi connectivity index (χ2v) is 4.27. The van der Waals surface area contributed by atoms with E-state index in [-0.39, 0.29) is 11.8 Å². The smallest absolute Gasteiger partial charge is 0.258 e. The van der Waals surface area contributed by atoms with Crippen LogP contribution < -0.4 is 5.32 Å². The monoisotopic (exact) mass is 221 g/mol. The summed E-state index contributed by atoms with van der Waals surface area (Å²) in [5, 5.41) is 4.16. The van der Waals surface area contributed by atoms with Crippen molar-refractivity contribution in [1.29, 1.82) is 0 Å². The topological polar surface area (TPSA) is 46.2 Å². The van der Waals surface area contributed by atoms with Crippen LogP contribution >= 0.6 is 0 Å². The molecule has 17 heavy (non-hydrogen) atoms. The number of imide groups is 1. The first-order valence-electron chi connectivity index (χ1n) is 5.39. The van der Waals surface area contributed by atoms with Crippen molar-refractivity contribution in [2.75, 3.05) is 0 Å². The number of carbonyl (C=O) groups is 2. The van der Waals surface area contributed by atoms with E-state index >= 15 is 0 Å². The van der Waals surface area contributed by atoms with Crippen molar-refractivity contribution in [3.63, 3.8) is 0 Å². The van der Waals surface area contributed by atoms with Gasteiger partial charge in [-0.25, -0.2) is 0 Å². The van der Waals surface area contributed by atoms with Crippen molar-refractivity contribution in [2.45, 2.75) is 0 Å². The first-order valence-corrected chi connectivity index (χ1v) is 5.39. The molecule has 0 saturated heterocycles. The third kappa shape index (κ3) is 0.916. The fourth-order valence-corrected chi connectivity index (χ4v) is 2.62. The molecule has 0 atom stereocenters. The van der Waals surface area contributed by atoms with Crippen LogP contribution in [0.25, 0.3) is 22.9 Å². The number of carbonyl (C=O) groups excluding carboxylic acids is 2. The zero-order valence-electron chi connectivity index (χ0n) is 8.78. The van der Waals surface area contributed by atoms with Crippen molar-refractivity contribution in [2.24, 2.45) is 0 Å². The quantitative estimate of drug-likeness (QED) is 0.591. The van der Waals surface area contributed by atoms with Gasteiger partial charge < -0.3 is 0 Å². The molecule has 1 N–H and O–H groups in total. The van der Waals surface area contributed by atoms with Gasteiger partial charge in [-0.2, -0.15) is 0 Å². The Bertz CT molecular complexity index is 698. The highest BCUT2D eigenvalue weighted by Gasteiger charge is 2.27. The minimum atomic E-state index is -0.307. The van der Waals surface area contributed by atoms with E-state index in [1.165, 1.54) is 0 Å². The molecule has 1 aliphatic carbocycles. The van der Waals surface area contributed by atoms with Gasteiger partial charge in [-0.1, -0.05) is 24.3 Å². The predicted molar refractivity (Wildman–Crippen MR) is 64.7 cm³/mol. The van der Waals surface area contributed by atoms with Crippen molar-refractivity contribution < 1.29 is 9.59 Å². The molecule has 2 aromatic carbocycles. The fraction of sp³-hybridized carbons (Fsp3) is 0. The molecule has 0 bridgehead atoms. The zero-order valence-corrected chi connectivity index (χ0v) is 8.78. The van der Waals surface area contributed by atoms with Crippen LogP contribution in [0.1, 0.15) is 31.8 Å². The number of hydrogen-bond donors (Lipinski definition) is 1. The molecule has 3 nitrogen and oxygen atoms in total. The van der Waals surface area contributed by atoms with Crippen molar-refractivity contribution >= 4 is 34.7 Å². The molecule has 0 unspecified atom stereocenters. The Morgan fingerprint density at radius 1 is 0.706 bits per heavy atom. The SMILES string of the molecule is O=C1NC(=O)c2ccc3c4c(ccc1c24)C=C3. The molecule has 4 rings (SSSR count). The maximum Gasteiger partial charge on any atom is 0.258 e. The lowest BCUT2D eigenvalue weighted by molar-refractivity contribution is 0.0845. The molecule has 1 heterocycles. The van der Waals surface area contributed by atoms with Crippen LogP contribution in [0.5, 0.6) is 0 Å².